The van der Waals surface area contributed by atoms with E-state index in [4.69, 9.17) is 0 Å². The zero-order valence-electron chi connectivity index (χ0n) is 12.1. The van der Waals surface area contributed by atoms with Gasteiger partial charge in [0.25, 0.3) is 0 Å². The first-order valence-corrected chi connectivity index (χ1v) is 7.66. The van der Waals surface area contributed by atoms with Gasteiger partial charge in [-0.1, -0.05) is 20.8 Å². The van der Waals surface area contributed by atoms with E-state index in [-0.39, 0.29) is 16.7 Å². The summed E-state index contributed by atoms with van der Waals surface area (Å²) in [6.45, 7) is 7.00. The van der Waals surface area contributed by atoms with E-state index in [0.29, 0.717) is 13.0 Å². The van der Waals surface area contributed by atoms with Gasteiger partial charge < -0.3 is 15.7 Å². The molecule has 2 rings (SSSR count). The summed E-state index contributed by atoms with van der Waals surface area (Å²) < 4.78 is 0.175. The lowest BCUT2D eigenvalue weighted by atomic mass is 10.2. The monoisotopic (exact) mass is 294 g/mol. The van der Waals surface area contributed by atoms with Crippen LogP contribution >= 0.6 is 11.8 Å². The second kappa shape index (κ2) is 6.16. The van der Waals surface area contributed by atoms with Crippen LogP contribution < -0.4 is 10.6 Å². The van der Waals surface area contributed by atoms with Crippen molar-refractivity contribution in [1.82, 2.24) is 5.32 Å². The van der Waals surface area contributed by atoms with Gasteiger partial charge in [-0.15, -0.1) is 11.8 Å². The van der Waals surface area contributed by atoms with Crippen LogP contribution in [-0.2, 0) is 4.79 Å². The van der Waals surface area contributed by atoms with Gasteiger partial charge in [-0.2, -0.15) is 0 Å². The summed E-state index contributed by atoms with van der Waals surface area (Å²) in [5.41, 5.74) is 0.788. The van der Waals surface area contributed by atoms with Crippen LogP contribution in [0.25, 0.3) is 0 Å². The van der Waals surface area contributed by atoms with Crippen molar-refractivity contribution in [3.63, 3.8) is 0 Å². The minimum absolute atomic E-state index is 0.0854. The van der Waals surface area contributed by atoms with Crippen LogP contribution in [0.3, 0.4) is 0 Å². The molecule has 1 aromatic rings. The largest absolute Gasteiger partial charge is 0.392 e. The number of aliphatic hydroxyl groups is 1. The molecular formula is C15H22N2O2S. The van der Waals surface area contributed by atoms with Crippen LogP contribution in [-0.4, -0.2) is 34.5 Å². The summed E-state index contributed by atoms with van der Waals surface area (Å²) in [4.78, 5) is 13.2. The zero-order valence-corrected chi connectivity index (χ0v) is 13.0. The molecule has 0 bridgehead atoms. The topological polar surface area (TPSA) is 61.4 Å². The molecule has 2 unspecified atom stereocenters. The third-order valence-corrected chi connectivity index (χ3v) is 4.09. The Labute approximate surface area is 124 Å². The number of hydrogen-bond donors (Lipinski definition) is 3. The molecular weight excluding hydrogens is 272 g/mol. The third kappa shape index (κ3) is 4.51. The molecule has 0 spiro atoms. The standard InChI is InChI=1S/C15H22N2O2S/c1-15(2,3)20-12-6-4-10(5-7-12)17-14(19)13-8-11(18)9-16-13/h4-7,11,13,16,18H,8-9H2,1-3H3,(H,17,19). The number of carbonyl (C=O) groups is 1. The molecule has 5 heteroatoms. The highest BCUT2D eigenvalue weighted by atomic mass is 32.2. The van der Waals surface area contributed by atoms with Crippen molar-refractivity contribution < 1.29 is 9.90 Å². The number of β-amino-alcohol motifs (C(OH)–C–C–N with tert-alkyl or cyclic N) is 1. The minimum Gasteiger partial charge on any atom is -0.392 e. The van der Waals surface area contributed by atoms with Crippen molar-refractivity contribution in [3.05, 3.63) is 24.3 Å². The Morgan fingerprint density at radius 3 is 2.50 bits per heavy atom. The molecule has 0 radical (unpaired) electrons. The number of benzene rings is 1. The summed E-state index contributed by atoms with van der Waals surface area (Å²) in [5.74, 6) is -0.0854. The Bertz CT molecular complexity index is 468. The molecule has 4 nitrogen and oxygen atoms in total. The molecule has 1 aliphatic heterocycles. The lowest BCUT2D eigenvalue weighted by Gasteiger charge is -2.17. The number of amides is 1. The number of hydrogen-bond acceptors (Lipinski definition) is 4. The molecule has 1 fully saturated rings. The Hall–Kier alpha value is -1.04. The van der Waals surface area contributed by atoms with Gasteiger partial charge >= 0.3 is 0 Å². The Kier molecular flexibility index (Phi) is 4.73. The molecule has 1 aliphatic rings. The predicted octanol–water partition coefficient (Wildman–Crippen LogP) is 2.24. The minimum atomic E-state index is -0.420. The summed E-state index contributed by atoms with van der Waals surface area (Å²) in [7, 11) is 0. The molecule has 0 aromatic heterocycles. The van der Waals surface area contributed by atoms with Gasteiger partial charge in [-0.3, -0.25) is 4.79 Å². The first-order valence-electron chi connectivity index (χ1n) is 6.85. The van der Waals surface area contributed by atoms with Crippen molar-refractivity contribution in [2.24, 2.45) is 0 Å². The fourth-order valence-corrected chi connectivity index (χ4v) is 3.09. The first kappa shape index (κ1) is 15.4. The van der Waals surface area contributed by atoms with Gasteiger partial charge in [0, 0.05) is 21.9 Å². The van der Waals surface area contributed by atoms with Crippen molar-refractivity contribution >= 4 is 23.4 Å². The van der Waals surface area contributed by atoms with Gasteiger partial charge in [-0.05, 0) is 30.7 Å². The van der Waals surface area contributed by atoms with Crippen LogP contribution in [0, 0.1) is 0 Å². The number of thioether (sulfide) groups is 1. The van der Waals surface area contributed by atoms with Crippen LogP contribution in [0.15, 0.2) is 29.2 Å². The van der Waals surface area contributed by atoms with E-state index in [1.54, 1.807) is 11.8 Å². The van der Waals surface area contributed by atoms with Gasteiger partial charge in [0.1, 0.15) is 0 Å². The van der Waals surface area contributed by atoms with Crippen molar-refractivity contribution in [1.29, 1.82) is 0 Å². The molecule has 3 N–H and O–H groups in total. The predicted molar refractivity (Wildman–Crippen MR) is 83.1 cm³/mol. The fourth-order valence-electron chi connectivity index (χ4n) is 2.11. The summed E-state index contributed by atoms with van der Waals surface area (Å²) in [6.07, 6.45) is 0.0559. The van der Waals surface area contributed by atoms with Crippen LogP contribution in [0.2, 0.25) is 0 Å². The van der Waals surface area contributed by atoms with E-state index in [1.807, 2.05) is 24.3 Å². The highest BCUT2D eigenvalue weighted by Gasteiger charge is 2.27. The second-order valence-corrected chi connectivity index (χ2v) is 7.98. The Morgan fingerprint density at radius 1 is 1.35 bits per heavy atom. The van der Waals surface area contributed by atoms with E-state index in [1.165, 1.54) is 4.90 Å². The van der Waals surface area contributed by atoms with E-state index >= 15 is 0 Å². The first-order chi connectivity index (χ1) is 9.33. The highest BCUT2D eigenvalue weighted by Crippen LogP contribution is 2.32. The lowest BCUT2D eigenvalue weighted by molar-refractivity contribution is -0.117. The molecule has 1 aromatic carbocycles. The maximum atomic E-state index is 12.0. The number of aliphatic hydroxyl groups excluding tert-OH is 1. The smallest absolute Gasteiger partial charge is 0.241 e. The summed E-state index contributed by atoms with van der Waals surface area (Å²) in [5, 5.41) is 15.3. The highest BCUT2D eigenvalue weighted by molar-refractivity contribution is 8.00. The van der Waals surface area contributed by atoms with Gasteiger partial charge in [0.05, 0.1) is 12.1 Å². The van der Waals surface area contributed by atoms with Gasteiger partial charge in [-0.25, -0.2) is 0 Å². The normalized spacial score (nSPS) is 22.8. The average Bonchev–Trinajstić information content (AvgIpc) is 2.77. The molecule has 2 atom stereocenters. The second-order valence-electron chi connectivity index (χ2n) is 6.08. The summed E-state index contributed by atoms with van der Waals surface area (Å²) >= 11 is 1.80. The number of anilines is 1. The molecule has 20 heavy (non-hydrogen) atoms. The van der Waals surface area contributed by atoms with Crippen LogP contribution in [0.1, 0.15) is 27.2 Å². The number of nitrogens with one attached hydrogen (secondary N) is 2. The number of carbonyl (C=O) groups excluding carboxylic acids is 1. The molecule has 110 valence electrons. The van der Waals surface area contributed by atoms with Crippen LogP contribution in [0.4, 0.5) is 5.69 Å². The fraction of sp³-hybridized carbons (Fsp3) is 0.533. The molecule has 0 aliphatic carbocycles. The Morgan fingerprint density at radius 2 is 2.00 bits per heavy atom. The third-order valence-electron chi connectivity index (χ3n) is 2.97. The van der Waals surface area contributed by atoms with Gasteiger partial charge in [0.2, 0.25) is 5.91 Å². The van der Waals surface area contributed by atoms with E-state index in [9.17, 15) is 9.90 Å². The molecule has 1 heterocycles. The lowest BCUT2D eigenvalue weighted by Crippen LogP contribution is -2.35. The molecule has 0 saturated carbocycles. The van der Waals surface area contributed by atoms with Crippen molar-refractivity contribution in [2.75, 3.05) is 11.9 Å². The number of rotatable bonds is 3. The van der Waals surface area contributed by atoms with Crippen molar-refractivity contribution in [2.45, 2.75) is 49.0 Å². The van der Waals surface area contributed by atoms with E-state index in [0.717, 1.165) is 5.69 Å². The van der Waals surface area contributed by atoms with E-state index < -0.39 is 6.10 Å². The maximum Gasteiger partial charge on any atom is 0.241 e. The average molecular weight is 294 g/mol. The summed E-state index contributed by atoms with van der Waals surface area (Å²) in [6, 6.07) is 7.56. The quantitative estimate of drug-likeness (QED) is 0.748. The van der Waals surface area contributed by atoms with E-state index in [2.05, 4.69) is 31.4 Å². The van der Waals surface area contributed by atoms with Gasteiger partial charge in [0.15, 0.2) is 0 Å². The Balaban J connectivity index is 1.92. The SMILES string of the molecule is CC(C)(C)Sc1ccc(NC(=O)C2CC(O)CN2)cc1. The zero-order chi connectivity index (χ0) is 14.8. The molecule has 1 saturated heterocycles. The maximum absolute atomic E-state index is 12.0. The molecule has 1 amide bonds. The van der Waals surface area contributed by atoms with Crippen molar-refractivity contribution in [3.8, 4) is 0 Å². The van der Waals surface area contributed by atoms with Crippen LogP contribution in [0.5, 0.6) is 0 Å².